The summed E-state index contributed by atoms with van der Waals surface area (Å²) in [7, 11) is 0. The summed E-state index contributed by atoms with van der Waals surface area (Å²) in [4.78, 5) is 15.2. The van der Waals surface area contributed by atoms with E-state index in [1.165, 1.54) is 0 Å². The predicted octanol–water partition coefficient (Wildman–Crippen LogP) is 2.40. The van der Waals surface area contributed by atoms with E-state index in [4.69, 9.17) is 0 Å². The number of fused-ring (bicyclic) bond motifs is 1. The lowest BCUT2D eigenvalue weighted by molar-refractivity contribution is 0.0937. The summed E-state index contributed by atoms with van der Waals surface area (Å²) in [6.07, 6.45) is 1.08. The van der Waals surface area contributed by atoms with Crippen LogP contribution in [0.25, 0.3) is 10.9 Å². The van der Waals surface area contributed by atoms with E-state index in [0.29, 0.717) is 11.7 Å². The Labute approximate surface area is 104 Å². The van der Waals surface area contributed by atoms with Crippen LogP contribution in [0.1, 0.15) is 16.9 Å². The third kappa shape index (κ3) is 2.17. The van der Waals surface area contributed by atoms with Gasteiger partial charge in [0.25, 0.3) is 5.91 Å². The van der Waals surface area contributed by atoms with Gasteiger partial charge in [-0.2, -0.15) is 11.8 Å². The van der Waals surface area contributed by atoms with Crippen molar-refractivity contribution in [2.24, 2.45) is 0 Å². The summed E-state index contributed by atoms with van der Waals surface area (Å²) in [5.41, 5.74) is 1.67. The summed E-state index contributed by atoms with van der Waals surface area (Å²) < 4.78 is 0. The molecule has 2 heterocycles. The Morgan fingerprint density at radius 1 is 1.41 bits per heavy atom. The quantitative estimate of drug-likeness (QED) is 0.854. The SMILES string of the molecule is O=C(NC1CCSC1)c1cc2ccccc2[nH]1. The van der Waals surface area contributed by atoms with Crippen molar-refractivity contribution in [3.05, 3.63) is 36.0 Å². The molecule has 2 aromatic rings. The van der Waals surface area contributed by atoms with Crippen LogP contribution in [0.5, 0.6) is 0 Å². The number of H-pyrrole nitrogens is 1. The molecule has 1 aromatic carbocycles. The molecule has 1 aliphatic heterocycles. The summed E-state index contributed by atoms with van der Waals surface area (Å²) >= 11 is 1.90. The molecule has 1 fully saturated rings. The van der Waals surface area contributed by atoms with E-state index in [-0.39, 0.29) is 5.91 Å². The average molecular weight is 246 g/mol. The molecular weight excluding hydrogens is 232 g/mol. The number of hydrogen-bond acceptors (Lipinski definition) is 2. The van der Waals surface area contributed by atoms with Crippen molar-refractivity contribution in [2.75, 3.05) is 11.5 Å². The van der Waals surface area contributed by atoms with Gasteiger partial charge in [-0.1, -0.05) is 18.2 Å². The highest BCUT2D eigenvalue weighted by molar-refractivity contribution is 7.99. The van der Waals surface area contributed by atoms with Crippen molar-refractivity contribution < 1.29 is 4.79 Å². The first-order chi connectivity index (χ1) is 8.33. The maximum atomic E-state index is 12.0. The first-order valence-corrected chi connectivity index (χ1v) is 6.95. The van der Waals surface area contributed by atoms with E-state index in [1.807, 2.05) is 42.1 Å². The van der Waals surface area contributed by atoms with Gasteiger partial charge in [0.15, 0.2) is 0 Å². The zero-order valence-corrected chi connectivity index (χ0v) is 10.2. The van der Waals surface area contributed by atoms with Crippen LogP contribution in [0.15, 0.2) is 30.3 Å². The van der Waals surface area contributed by atoms with E-state index in [0.717, 1.165) is 28.8 Å². The van der Waals surface area contributed by atoms with Gasteiger partial charge < -0.3 is 10.3 Å². The monoisotopic (exact) mass is 246 g/mol. The molecule has 0 spiro atoms. The third-order valence-corrected chi connectivity index (χ3v) is 4.20. The molecule has 88 valence electrons. The van der Waals surface area contributed by atoms with Crippen LogP contribution in [0.2, 0.25) is 0 Å². The predicted molar refractivity (Wildman–Crippen MR) is 71.5 cm³/mol. The van der Waals surface area contributed by atoms with Crippen molar-refractivity contribution in [3.8, 4) is 0 Å². The van der Waals surface area contributed by atoms with Gasteiger partial charge in [-0.25, -0.2) is 0 Å². The van der Waals surface area contributed by atoms with Gasteiger partial charge in [-0.3, -0.25) is 4.79 Å². The molecule has 1 aromatic heterocycles. The molecule has 0 saturated carbocycles. The van der Waals surface area contributed by atoms with Crippen LogP contribution in [-0.2, 0) is 0 Å². The fourth-order valence-electron chi connectivity index (χ4n) is 2.11. The highest BCUT2D eigenvalue weighted by Gasteiger charge is 2.19. The molecule has 0 aliphatic carbocycles. The van der Waals surface area contributed by atoms with Gasteiger partial charge in [0.2, 0.25) is 0 Å². The molecule has 1 atom stereocenters. The zero-order chi connectivity index (χ0) is 11.7. The number of amides is 1. The molecule has 0 bridgehead atoms. The van der Waals surface area contributed by atoms with E-state index in [9.17, 15) is 4.79 Å². The minimum Gasteiger partial charge on any atom is -0.351 e. The van der Waals surface area contributed by atoms with Crippen molar-refractivity contribution in [2.45, 2.75) is 12.5 Å². The number of aromatic amines is 1. The number of benzene rings is 1. The summed E-state index contributed by atoms with van der Waals surface area (Å²) in [5, 5.41) is 4.15. The number of hydrogen-bond donors (Lipinski definition) is 2. The van der Waals surface area contributed by atoms with Gasteiger partial charge in [0.05, 0.1) is 0 Å². The zero-order valence-electron chi connectivity index (χ0n) is 9.40. The van der Waals surface area contributed by atoms with Crippen LogP contribution in [0.3, 0.4) is 0 Å². The molecule has 0 radical (unpaired) electrons. The van der Waals surface area contributed by atoms with E-state index in [2.05, 4.69) is 10.3 Å². The lowest BCUT2D eigenvalue weighted by Crippen LogP contribution is -2.34. The van der Waals surface area contributed by atoms with Crippen molar-refractivity contribution in [1.82, 2.24) is 10.3 Å². The maximum Gasteiger partial charge on any atom is 0.267 e. The molecule has 1 aliphatic rings. The summed E-state index contributed by atoms with van der Waals surface area (Å²) in [5.74, 6) is 2.19. The number of carbonyl (C=O) groups excluding carboxylic acids is 1. The van der Waals surface area contributed by atoms with E-state index < -0.39 is 0 Å². The van der Waals surface area contributed by atoms with Crippen LogP contribution >= 0.6 is 11.8 Å². The Morgan fingerprint density at radius 2 is 2.29 bits per heavy atom. The summed E-state index contributed by atoms with van der Waals surface area (Å²) in [6.45, 7) is 0. The van der Waals surface area contributed by atoms with Crippen molar-refractivity contribution >= 4 is 28.6 Å². The van der Waals surface area contributed by atoms with E-state index >= 15 is 0 Å². The Bertz CT molecular complexity index is 510. The lowest BCUT2D eigenvalue weighted by atomic mass is 10.2. The highest BCUT2D eigenvalue weighted by Crippen LogP contribution is 2.18. The summed E-state index contributed by atoms with van der Waals surface area (Å²) in [6, 6.07) is 10.2. The molecule has 2 N–H and O–H groups in total. The molecule has 1 saturated heterocycles. The molecule has 1 amide bonds. The highest BCUT2D eigenvalue weighted by atomic mass is 32.2. The molecule has 1 unspecified atom stereocenters. The second-order valence-corrected chi connectivity index (χ2v) is 5.45. The van der Waals surface area contributed by atoms with Crippen LogP contribution < -0.4 is 5.32 Å². The fraction of sp³-hybridized carbons (Fsp3) is 0.308. The fourth-order valence-corrected chi connectivity index (χ4v) is 3.26. The van der Waals surface area contributed by atoms with Crippen LogP contribution in [-0.4, -0.2) is 28.4 Å². The topological polar surface area (TPSA) is 44.9 Å². The largest absolute Gasteiger partial charge is 0.351 e. The van der Waals surface area contributed by atoms with Gasteiger partial charge in [0, 0.05) is 22.7 Å². The molecule has 3 rings (SSSR count). The molecule has 3 nitrogen and oxygen atoms in total. The number of nitrogens with one attached hydrogen (secondary N) is 2. The first kappa shape index (κ1) is 10.7. The van der Waals surface area contributed by atoms with Gasteiger partial charge in [-0.05, 0) is 24.3 Å². The second-order valence-electron chi connectivity index (χ2n) is 4.30. The van der Waals surface area contributed by atoms with Crippen molar-refractivity contribution in [3.63, 3.8) is 0 Å². The number of rotatable bonds is 2. The number of carbonyl (C=O) groups is 1. The van der Waals surface area contributed by atoms with Crippen LogP contribution in [0, 0.1) is 0 Å². The Kier molecular flexibility index (Phi) is 2.81. The third-order valence-electron chi connectivity index (χ3n) is 3.04. The first-order valence-electron chi connectivity index (χ1n) is 5.79. The minimum absolute atomic E-state index is 0.00806. The number of aromatic nitrogens is 1. The molecule has 4 heteroatoms. The van der Waals surface area contributed by atoms with Gasteiger partial charge in [0.1, 0.15) is 5.69 Å². The van der Waals surface area contributed by atoms with Crippen LogP contribution in [0.4, 0.5) is 0 Å². The standard InChI is InChI=1S/C13H14N2OS/c16-13(14-10-5-6-17-8-10)12-7-9-3-1-2-4-11(9)15-12/h1-4,7,10,15H,5-6,8H2,(H,14,16). The normalized spacial score (nSPS) is 19.6. The Morgan fingerprint density at radius 3 is 3.06 bits per heavy atom. The average Bonchev–Trinajstić information content (AvgIpc) is 2.96. The number of para-hydroxylation sites is 1. The lowest BCUT2D eigenvalue weighted by Gasteiger charge is -2.09. The smallest absolute Gasteiger partial charge is 0.267 e. The minimum atomic E-state index is 0.00806. The molecular formula is C13H14N2OS. The maximum absolute atomic E-state index is 12.0. The Balaban J connectivity index is 1.80. The number of thioether (sulfide) groups is 1. The van der Waals surface area contributed by atoms with Gasteiger partial charge in [-0.15, -0.1) is 0 Å². The second kappa shape index (κ2) is 4.45. The van der Waals surface area contributed by atoms with E-state index in [1.54, 1.807) is 0 Å². The van der Waals surface area contributed by atoms with Crippen molar-refractivity contribution in [1.29, 1.82) is 0 Å². The Hall–Kier alpha value is -1.42. The van der Waals surface area contributed by atoms with Gasteiger partial charge >= 0.3 is 0 Å². The molecule has 17 heavy (non-hydrogen) atoms.